The predicted molar refractivity (Wildman–Crippen MR) is 131 cm³/mol. The van der Waals surface area contributed by atoms with Crippen LogP contribution >= 0.6 is 0 Å². The molecule has 0 saturated heterocycles. The number of methoxy groups -OCH3 is 2. The fourth-order valence-electron chi connectivity index (χ4n) is 3.96. The largest absolute Gasteiger partial charge is 0.496 e. The number of nitrogens with zero attached hydrogens (tertiary/aromatic N) is 2. The molecular weight excluding hydrogens is 414 g/mol. The molecular formula is C27H25N3O3. The molecule has 3 aromatic rings. The summed E-state index contributed by atoms with van der Waals surface area (Å²) in [5.41, 5.74) is 11.0. The standard InChI is InChI=1S/C27H25N3O3/c1-30-21-16-22(32-2)24(19-11-5-4-6-12-19)27(33-3)25(21)26(29-17-23(30)31)20-13-7-9-18(15-20)10-8-14-28/h4-7,9,11-13,15-16H,14,17,28H2,1-3H3. The fraction of sp³-hybridized carbons (Fsp3) is 0.185. The molecule has 0 saturated carbocycles. The Morgan fingerprint density at radius 3 is 2.45 bits per heavy atom. The number of benzodiazepines with no additional fused rings is 1. The molecule has 6 nitrogen and oxygen atoms in total. The Bertz CT molecular complexity index is 1290. The van der Waals surface area contributed by atoms with Gasteiger partial charge in [-0.3, -0.25) is 9.79 Å². The van der Waals surface area contributed by atoms with Crippen LogP contribution in [0.2, 0.25) is 0 Å². The molecule has 0 aromatic heterocycles. The van der Waals surface area contributed by atoms with Gasteiger partial charge in [0.25, 0.3) is 0 Å². The van der Waals surface area contributed by atoms with E-state index in [1.807, 2.05) is 60.7 Å². The van der Waals surface area contributed by atoms with Gasteiger partial charge in [0.15, 0.2) is 0 Å². The number of hydrogen-bond donors (Lipinski definition) is 1. The van der Waals surface area contributed by atoms with Crippen molar-refractivity contribution in [2.24, 2.45) is 10.7 Å². The lowest BCUT2D eigenvalue weighted by molar-refractivity contribution is -0.116. The van der Waals surface area contributed by atoms with Gasteiger partial charge in [0.1, 0.15) is 18.0 Å². The number of ether oxygens (including phenoxy) is 2. The van der Waals surface area contributed by atoms with Crippen LogP contribution in [-0.4, -0.2) is 46.0 Å². The van der Waals surface area contributed by atoms with Gasteiger partial charge >= 0.3 is 0 Å². The quantitative estimate of drug-likeness (QED) is 0.632. The Labute approximate surface area is 193 Å². The van der Waals surface area contributed by atoms with Crippen LogP contribution in [0.5, 0.6) is 11.5 Å². The van der Waals surface area contributed by atoms with E-state index in [0.717, 1.165) is 27.8 Å². The van der Waals surface area contributed by atoms with E-state index < -0.39 is 0 Å². The van der Waals surface area contributed by atoms with Gasteiger partial charge in [0.2, 0.25) is 5.91 Å². The predicted octanol–water partition coefficient (Wildman–Crippen LogP) is 3.49. The van der Waals surface area contributed by atoms with Crippen molar-refractivity contribution >= 4 is 17.3 Å². The summed E-state index contributed by atoms with van der Waals surface area (Å²) in [6.45, 7) is 0.298. The van der Waals surface area contributed by atoms with Gasteiger partial charge in [-0.25, -0.2) is 0 Å². The molecule has 0 spiro atoms. The number of carbonyl (C=O) groups excluding carboxylic acids is 1. The summed E-state index contributed by atoms with van der Waals surface area (Å²) in [5.74, 6) is 7.03. The van der Waals surface area contributed by atoms with Crippen LogP contribution in [0.15, 0.2) is 65.7 Å². The van der Waals surface area contributed by atoms with Crippen LogP contribution in [-0.2, 0) is 4.79 Å². The first-order valence-corrected chi connectivity index (χ1v) is 10.5. The number of anilines is 1. The molecule has 0 radical (unpaired) electrons. The van der Waals surface area contributed by atoms with Crippen LogP contribution in [0.25, 0.3) is 11.1 Å². The van der Waals surface area contributed by atoms with Gasteiger partial charge in [-0.1, -0.05) is 54.3 Å². The minimum Gasteiger partial charge on any atom is -0.496 e. The van der Waals surface area contributed by atoms with Crippen LogP contribution < -0.4 is 20.1 Å². The fourth-order valence-corrected chi connectivity index (χ4v) is 3.96. The molecule has 1 amide bonds. The molecule has 0 aliphatic carbocycles. The normalized spacial score (nSPS) is 12.8. The van der Waals surface area contributed by atoms with E-state index in [-0.39, 0.29) is 19.0 Å². The number of rotatable bonds is 4. The molecule has 2 N–H and O–H groups in total. The second kappa shape index (κ2) is 9.60. The first kappa shape index (κ1) is 22.1. The molecule has 1 aliphatic heterocycles. The zero-order valence-electron chi connectivity index (χ0n) is 18.9. The number of nitrogens with two attached hydrogens (primary N) is 1. The van der Waals surface area contributed by atoms with Crippen molar-refractivity contribution < 1.29 is 14.3 Å². The minimum atomic E-state index is -0.123. The van der Waals surface area contributed by atoms with E-state index in [1.165, 1.54) is 0 Å². The summed E-state index contributed by atoms with van der Waals surface area (Å²) in [4.78, 5) is 19.1. The number of fused-ring (bicyclic) bond motifs is 1. The van der Waals surface area contributed by atoms with Crippen molar-refractivity contribution in [2.45, 2.75) is 0 Å². The number of aliphatic imine (C=N–C) groups is 1. The monoisotopic (exact) mass is 439 g/mol. The van der Waals surface area contributed by atoms with E-state index in [4.69, 9.17) is 20.2 Å². The van der Waals surface area contributed by atoms with E-state index in [2.05, 4.69) is 11.8 Å². The molecule has 0 fully saturated rings. The molecule has 3 aromatic carbocycles. The Kier molecular flexibility index (Phi) is 6.43. The molecule has 0 atom stereocenters. The molecule has 4 rings (SSSR count). The summed E-state index contributed by atoms with van der Waals surface area (Å²) >= 11 is 0. The molecule has 33 heavy (non-hydrogen) atoms. The lowest BCUT2D eigenvalue weighted by Crippen LogP contribution is -2.28. The van der Waals surface area contributed by atoms with Crippen molar-refractivity contribution in [1.29, 1.82) is 0 Å². The number of hydrogen-bond acceptors (Lipinski definition) is 5. The second-order valence-electron chi connectivity index (χ2n) is 7.45. The first-order valence-electron chi connectivity index (χ1n) is 10.5. The average Bonchev–Trinajstić information content (AvgIpc) is 2.98. The molecule has 6 heteroatoms. The SMILES string of the molecule is COc1cc2c(c(OC)c1-c1ccccc1)C(c1cccc(C#CCN)c1)=NCC(=O)N2C. The molecule has 1 aliphatic rings. The molecule has 166 valence electrons. The van der Waals surface area contributed by atoms with Gasteiger partial charge in [-0.2, -0.15) is 0 Å². The van der Waals surface area contributed by atoms with Crippen LogP contribution in [0.1, 0.15) is 16.7 Å². The summed E-state index contributed by atoms with van der Waals surface area (Å²) in [6, 6.07) is 19.5. The first-order chi connectivity index (χ1) is 16.1. The molecule has 1 heterocycles. The minimum absolute atomic E-state index is 0.0192. The Morgan fingerprint density at radius 1 is 1.00 bits per heavy atom. The van der Waals surface area contributed by atoms with Crippen molar-refractivity contribution in [1.82, 2.24) is 0 Å². The highest BCUT2D eigenvalue weighted by Crippen LogP contribution is 2.47. The second-order valence-corrected chi connectivity index (χ2v) is 7.45. The van der Waals surface area contributed by atoms with Crippen LogP contribution in [0.4, 0.5) is 5.69 Å². The van der Waals surface area contributed by atoms with Crippen LogP contribution in [0.3, 0.4) is 0 Å². The third kappa shape index (κ3) is 4.19. The third-order valence-corrected chi connectivity index (χ3v) is 5.53. The van der Waals surface area contributed by atoms with Gasteiger partial charge in [0, 0.05) is 24.2 Å². The van der Waals surface area contributed by atoms with E-state index in [9.17, 15) is 4.79 Å². The zero-order valence-corrected chi connectivity index (χ0v) is 18.9. The molecule has 0 bridgehead atoms. The Balaban J connectivity index is 2.04. The van der Waals surface area contributed by atoms with Gasteiger partial charge < -0.3 is 20.1 Å². The Hall–Kier alpha value is -4.08. The summed E-state index contributed by atoms with van der Waals surface area (Å²) in [5, 5.41) is 0. The van der Waals surface area contributed by atoms with Crippen molar-refractivity contribution in [3.05, 3.63) is 77.4 Å². The smallest absolute Gasteiger partial charge is 0.248 e. The van der Waals surface area contributed by atoms with Crippen LogP contribution in [0, 0.1) is 11.8 Å². The Morgan fingerprint density at radius 2 is 1.76 bits per heavy atom. The van der Waals surface area contributed by atoms with Crippen molar-refractivity contribution in [3.8, 4) is 34.5 Å². The zero-order chi connectivity index (χ0) is 23.4. The maximum atomic E-state index is 12.8. The maximum absolute atomic E-state index is 12.8. The van der Waals surface area contributed by atoms with Gasteiger partial charge in [-0.05, 0) is 17.7 Å². The average molecular weight is 440 g/mol. The number of carbonyl (C=O) groups is 1. The third-order valence-electron chi connectivity index (χ3n) is 5.53. The number of likely N-dealkylation sites (N-methyl/N-ethyl adjacent to an activating group) is 1. The van der Waals surface area contributed by atoms with Crippen molar-refractivity contribution in [2.75, 3.05) is 39.3 Å². The summed E-state index contributed by atoms with van der Waals surface area (Å²) < 4.78 is 11.7. The maximum Gasteiger partial charge on any atom is 0.248 e. The van der Waals surface area contributed by atoms with E-state index in [0.29, 0.717) is 22.9 Å². The van der Waals surface area contributed by atoms with Crippen molar-refractivity contribution in [3.63, 3.8) is 0 Å². The van der Waals surface area contributed by atoms with Gasteiger partial charge in [0.05, 0.1) is 43.3 Å². The molecule has 0 unspecified atom stereocenters. The lowest BCUT2D eigenvalue weighted by atomic mass is 9.92. The summed E-state index contributed by atoms with van der Waals surface area (Å²) in [7, 11) is 4.97. The highest BCUT2D eigenvalue weighted by molar-refractivity contribution is 6.22. The highest BCUT2D eigenvalue weighted by Gasteiger charge is 2.30. The number of amides is 1. The topological polar surface area (TPSA) is 77.1 Å². The number of benzene rings is 3. The van der Waals surface area contributed by atoms with Gasteiger partial charge in [-0.15, -0.1) is 0 Å². The lowest BCUT2D eigenvalue weighted by Gasteiger charge is -2.24. The highest BCUT2D eigenvalue weighted by atomic mass is 16.5. The van der Waals surface area contributed by atoms with E-state index >= 15 is 0 Å². The van der Waals surface area contributed by atoms with E-state index in [1.54, 1.807) is 26.2 Å². The summed E-state index contributed by atoms with van der Waals surface area (Å²) in [6.07, 6.45) is 0.